The lowest BCUT2D eigenvalue weighted by molar-refractivity contribution is -0.147. The molecule has 13 heteroatoms. The van der Waals surface area contributed by atoms with Gasteiger partial charge in [-0.25, -0.2) is 22.7 Å². The number of esters is 1. The minimum Gasteiger partial charge on any atom is -0.465 e. The van der Waals surface area contributed by atoms with E-state index in [9.17, 15) is 31.2 Å². The molecule has 0 unspecified atom stereocenters. The molecule has 1 saturated heterocycles. The Bertz CT molecular complexity index is 1100. The minimum absolute atomic E-state index is 0.0100. The third kappa shape index (κ3) is 3.99. The van der Waals surface area contributed by atoms with Crippen molar-refractivity contribution in [3.05, 3.63) is 46.1 Å². The normalized spacial score (nSPS) is 16.6. The molecule has 0 N–H and O–H groups in total. The molecule has 30 heavy (non-hydrogen) atoms. The zero-order valence-electron chi connectivity index (χ0n) is 16.1. The molecular weight excluding hydrogens is 429 g/mol. The molecule has 3 rings (SSSR count). The lowest BCUT2D eigenvalue weighted by atomic mass is 10.1. The molecule has 1 aromatic carbocycles. The van der Waals surface area contributed by atoms with E-state index < -0.39 is 39.7 Å². The molecular formula is C17H19F3N4O5S. The summed E-state index contributed by atoms with van der Waals surface area (Å²) in [5.41, 5.74) is -0.702. The van der Waals surface area contributed by atoms with Gasteiger partial charge in [-0.2, -0.15) is 17.5 Å². The van der Waals surface area contributed by atoms with E-state index in [0.29, 0.717) is 4.57 Å². The van der Waals surface area contributed by atoms with Crippen LogP contribution in [-0.4, -0.2) is 53.2 Å². The van der Waals surface area contributed by atoms with E-state index in [0.717, 1.165) is 11.7 Å². The summed E-state index contributed by atoms with van der Waals surface area (Å²) in [7, 11) is -1.66. The van der Waals surface area contributed by atoms with Gasteiger partial charge in [0.1, 0.15) is 0 Å². The van der Waals surface area contributed by atoms with Crippen LogP contribution >= 0.6 is 0 Å². The molecule has 0 bridgehead atoms. The highest BCUT2D eigenvalue weighted by atomic mass is 32.2. The summed E-state index contributed by atoms with van der Waals surface area (Å²) in [5, 5.41) is 3.41. The maximum absolute atomic E-state index is 13.0. The number of nitrogens with zero attached hydrogens (tertiary/aromatic N) is 4. The fourth-order valence-corrected chi connectivity index (χ4v) is 4.77. The predicted octanol–water partition coefficient (Wildman–Crippen LogP) is 1.41. The number of hydrogen-bond acceptors (Lipinski definition) is 6. The second-order valence-electron chi connectivity index (χ2n) is 6.76. The van der Waals surface area contributed by atoms with Crippen LogP contribution in [0, 0.1) is 0 Å². The van der Waals surface area contributed by atoms with Gasteiger partial charge in [-0.05, 0) is 37.1 Å². The maximum Gasteiger partial charge on any atom is 0.451 e. The monoisotopic (exact) mass is 448 g/mol. The van der Waals surface area contributed by atoms with Gasteiger partial charge >= 0.3 is 17.8 Å². The molecule has 0 saturated carbocycles. The van der Waals surface area contributed by atoms with Crippen LogP contribution in [0.15, 0.2) is 34.0 Å². The van der Waals surface area contributed by atoms with Crippen LogP contribution in [0.1, 0.15) is 35.1 Å². The third-order valence-electron chi connectivity index (χ3n) is 4.94. The van der Waals surface area contributed by atoms with Crippen LogP contribution in [-0.2, 0) is 28.0 Å². The Morgan fingerprint density at radius 1 is 1.17 bits per heavy atom. The second kappa shape index (κ2) is 7.87. The molecule has 9 nitrogen and oxygen atoms in total. The van der Waals surface area contributed by atoms with E-state index in [1.807, 2.05) is 0 Å². The predicted molar refractivity (Wildman–Crippen MR) is 97.3 cm³/mol. The van der Waals surface area contributed by atoms with Gasteiger partial charge in [0.15, 0.2) is 0 Å². The van der Waals surface area contributed by atoms with Gasteiger partial charge in [-0.1, -0.05) is 0 Å². The van der Waals surface area contributed by atoms with Crippen molar-refractivity contribution in [3.8, 4) is 0 Å². The van der Waals surface area contributed by atoms with Gasteiger partial charge in [-0.3, -0.25) is 4.57 Å². The lowest BCUT2D eigenvalue weighted by Crippen LogP contribution is -2.41. The Balaban J connectivity index is 1.75. The van der Waals surface area contributed by atoms with Crippen LogP contribution < -0.4 is 5.69 Å². The largest absolute Gasteiger partial charge is 0.465 e. The number of rotatable bonds is 4. The molecule has 0 amide bonds. The Hall–Kier alpha value is -2.67. The summed E-state index contributed by atoms with van der Waals surface area (Å²) >= 11 is 0. The second-order valence-corrected chi connectivity index (χ2v) is 8.70. The smallest absolute Gasteiger partial charge is 0.451 e. The first-order valence-electron chi connectivity index (χ1n) is 8.88. The molecule has 0 atom stereocenters. The molecule has 164 valence electrons. The zero-order valence-corrected chi connectivity index (χ0v) is 16.9. The first kappa shape index (κ1) is 22.0. The summed E-state index contributed by atoms with van der Waals surface area (Å²) in [6, 6.07) is 4.58. The fraction of sp³-hybridized carbons (Fsp3) is 0.471. The van der Waals surface area contributed by atoms with Gasteiger partial charge in [-0.15, -0.1) is 5.10 Å². The van der Waals surface area contributed by atoms with Crippen molar-refractivity contribution >= 4 is 16.0 Å². The van der Waals surface area contributed by atoms with Crippen molar-refractivity contribution in [2.75, 3.05) is 20.2 Å². The average Bonchev–Trinajstić information content (AvgIpc) is 3.02. The van der Waals surface area contributed by atoms with Crippen molar-refractivity contribution in [1.82, 2.24) is 18.7 Å². The van der Waals surface area contributed by atoms with Crippen molar-refractivity contribution < 1.29 is 31.1 Å². The van der Waals surface area contributed by atoms with Crippen LogP contribution in [0.5, 0.6) is 0 Å². The number of carbonyl (C=O) groups excluding carboxylic acids is 1. The van der Waals surface area contributed by atoms with Crippen molar-refractivity contribution in [2.24, 2.45) is 7.05 Å². The van der Waals surface area contributed by atoms with E-state index in [1.54, 1.807) is 0 Å². The van der Waals surface area contributed by atoms with E-state index in [4.69, 9.17) is 0 Å². The van der Waals surface area contributed by atoms with Crippen LogP contribution in [0.3, 0.4) is 0 Å². The minimum atomic E-state index is -4.76. The number of methoxy groups -OCH3 is 1. The van der Waals surface area contributed by atoms with Crippen molar-refractivity contribution in [3.63, 3.8) is 0 Å². The van der Waals surface area contributed by atoms with Crippen molar-refractivity contribution in [2.45, 2.75) is 30.0 Å². The highest BCUT2D eigenvalue weighted by Gasteiger charge is 2.39. The number of ether oxygens (including phenoxy) is 1. The van der Waals surface area contributed by atoms with Gasteiger partial charge in [0.05, 0.1) is 23.6 Å². The van der Waals surface area contributed by atoms with Gasteiger partial charge in [0.2, 0.25) is 15.8 Å². The first-order valence-corrected chi connectivity index (χ1v) is 10.3. The number of hydrogen-bond donors (Lipinski definition) is 0. The molecule has 1 aromatic heterocycles. The molecule has 0 radical (unpaired) electrons. The highest BCUT2D eigenvalue weighted by Crippen LogP contribution is 2.29. The molecule has 1 fully saturated rings. The summed E-state index contributed by atoms with van der Waals surface area (Å²) < 4.78 is 71.5. The first-order chi connectivity index (χ1) is 14.0. The Morgan fingerprint density at radius 3 is 2.20 bits per heavy atom. The van der Waals surface area contributed by atoms with E-state index in [2.05, 4.69) is 9.84 Å². The van der Waals surface area contributed by atoms with Crippen LogP contribution in [0.25, 0.3) is 0 Å². The number of alkyl halides is 3. The van der Waals surface area contributed by atoms with Crippen molar-refractivity contribution in [1.29, 1.82) is 0 Å². The molecule has 2 aromatic rings. The SMILES string of the molecule is COC(=O)c1ccc(S(=O)(=O)N2CCC(n3nc(C(F)(F)F)n(C)c3=O)CC2)cc1. The highest BCUT2D eigenvalue weighted by molar-refractivity contribution is 7.89. The number of halogens is 3. The number of aromatic nitrogens is 3. The van der Waals surface area contributed by atoms with E-state index >= 15 is 0 Å². The summed E-state index contributed by atoms with van der Waals surface area (Å²) in [5.74, 6) is -1.90. The summed E-state index contributed by atoms with van der Waals surface area (Å²) in [6.45, 7) is 0.0201. The maximum atomic E-state index is 13.0. The number of carbonyl (C=O) groups is 1. The summed E-state index contributed by atoms with van der Waals surface area (Å²) in [4.78, 5) is 23.6. The molecule has 1 aliphatic heterocycles. The molecule has 0 spiro atoms. The molecule has 0 aliphatic carbocycles. The van der Waals surface area contributed by atoms with E-state index in [-0.39, 0.29) is 36.4 Å². The van der Waals surface area contributed by atoms with Gasteiger partial charge < -0.3 is 4.74 Å². The quantitative estimate of drug-likeness (QED) is 0.656. The molecule has 2 heterocycles. The Labute approximate surface area is 169 Å². The lowest BCUT2D eigenvalue weighted by Gasteiger charge is -2.30. The number of benzene rings is 1. The zero-order chi connectivity index (χ0) is 22.3. The van der Waals surface area contributed by atoms with E-state index in [1.165, 1.54) is 35.7 Å². The van der Waals surface area contributed by atoms with Gasteiger partial charge in [0.25, 0.3) is 0 Å². The standard InChI is InChI=1S/C17H19F3N4O5S/c1-22-15(17(18,19)20)21-24(16(22)26)12-7-9-23(10-8-12)30(27,28)13-5-3-11(4-6-13)14(25)29-2/h3-6,12H,7-10H2,1-2H3. The summed E-state index contributed by atoms with van der Waals surface area (Å²) in [6.07, 6.45) is -4.50. The topological polar surface area (TPSA) is 104 Å². The van der Waals surface area contributed by atoms with Gasteiger partial charge in [0, 0.05) is 20.1 Å². The number of sulfonamides is 1. The number of piperidine rings is 1. The Kier molecular flexibility index (Phi) is 5.78. The third-order valence-corrected chi connectivity index (χ3v) is 6.85. The van der Waals surface area contributed by atoms with Crippen LogP contribution in [0.4, 0.5) is 13.2 Å². The Morgan fingerprint density at radius 2 is 1.73 bits per heavy atom. The molecule has 1 aliphatic rings. The van der Waals surface area contributed by atoms with Crippen LogP contribution in [0.2, 0.25) is 0 Å². The fourth-order valence-electron chi connectivity index (χ4n) is 3.30. The average molecular weight is 448 g/mol.